The fourth-order valence-electron chi connectivity index (χ4n) is 3.48. The van der Waals surface area contributed by atoms with Gasteiger partial charge in [0.1, 0.15) is 17.8 Å². The van der Waals surface area contributed by atoms with Crippen molar-refractivity contribution >= 4 is 0 Å². The van der Waals surface area contributed by atoms with E-state index in [0.717, 1.165) is 0 Å². The van der Waals surface area contributed by atoms with Crippen molar-refractivity contribution in [2.45, 2.75) is 71.1 Å². The molecular formula is C12H22O3. The molecule has 2 bridgehead atoms. The quantitative estimate of drug-likeness (QED) is 0.725. The molecule has 4 unspecified atom stereocenters. The SMILES string of the molecule is [3H]OC1C2OC(C)(C)C1(C(C)(C)C)OC2C. The van der Waals surface area contributed by atoms with Crippen LogP contribution in [0.5, 0.6) is 0 Å². The third kappa shape index (κ3) is 1.12. The average molecular weight is 216 g/mol. The molecule has 2 heterocycles. The van der Waals surface area contributed by atoms with Crippen LogP contribution < -0.4 is 0 Å². The van der Waals surface area contributed by atoms with Gasteiger partial charge in [0.15, 0.2) is 0 Å². The Morgan fingerprint density at radius 1 is 1.27 bits per heavy atom. The molecule has 2 aliphatic rings. The Hall–Kier alpha value is -0.120. The Balaban J connectivity index is 2.52. The summed E-state index contributed by atoms with van der Waals surface area (Å²) in [6.07, 6.45) is -0.452. The molecule has 0 saturated carbocycles. The predicted molar refractivity (Wildman–Crippen MR) is 57.7 cm³/mol. The lowest BCUT2D eigenvalue weighted by Crippen LogP contribution is -2.62. The zero-order valence-corrected chi connectivity index (χ0v) is 10.5. The third-order valence-electron chi connectivity index (χ3n) is 3.97. The van der Waals surface area contributed by atoms with E-state index in [4.69, 9.17) is 16.0 Å². The van der Waals surface area contributed by atoms with E-state index in [9.17, 15) is 0 Å². The van der Waals surface area contributed by atoms with Crippen LogP contribution in [0.1, 0.15) is 41.5 Å². The molecule has 0 aliphatic carbocycles. The lowest BCUT2D eigenvalue weighted by molar-refractivity contribution is -0.257. The molecule has 3 heteroatoms. The van der Waals surface area contributed by atoms with Crippen LogP contribution in [0, 0.1) is 5.41 Å². The number of rotatable bonds is 1. The molecule has 15 heavy (non-hydrogen) atoms. The third-order valence-corrected chi connectivity index (χ3v) is 3.97. The Kier molecular flexibility index (Phi) is 1.85. The molecule has 88 valence electrons. The van der Waals surface area contributed by atoms with Crippen LogP contribution in [0.2, 0.25) is 0 Å². The molecular weight excluding hydrogens is 192 g/mol. The van der Waals surface area contributed by atoms with Crippen LogP contribution in [0.15, 0.2) is 0 Å². The first kappa shape index (κ1) is 10.1. The van der Waals surface area contributed by atoms with Gasteiger partial charge in [0.2, 0.25) is 1.43 Å². The van der Waals surface area contributed by atoms with Gasteiger partial charge >= 0.3 is 0 Å². The molecule has 0 aromatic heterocycles. The van der Waals surface area contributed by atoms with Crippen LogP contribution >= 0.6 is 0 Å². The van der Waals surface area contributed by atoms with E-state index in [1.807, 2.05) is 20.8 Å². The highest BCUT2D eigenvalue weighted by Gasteiger charge is 2.73. The van der Waals surface area contributed by atoms with Crippen molar-refractivity contribution in [2.75, 3.05) is 0 Å². The normalized spacial score (nSPS) is 49.5. The summed E-state index contributed by atoms with van der Waals surface area (Å²) in [6, 6.07) is 0. The summed E-state index contributed by atoms with van der Waals surface area (Å²) >= 11 is 0. The average Bonchev–Trinajstić information content (AvgIpc) is 2.50. The van der Waals surface area contributed by atoms with E-state index in [-0.39, 0.29) is 23.7 Å². The van der Waals surface area contributed by atoms with Gasteiger partial charge in [-0.15, -0.1) is 0 Å². The number of aliphatic hydroxyl groups excluding tert-OH is 1. The minimum absolute atomic E-state index is 0.0115. The predicted octanol–water partition coefficient (Wildman–Crippen LogP) is 1.73. The van der Waals surface area contributed by atoms with Crippen LogP contribution in [0.4, 0.5) is 0 Å². The van der Waals surface area contributed by atoms with Gasteiger partial charge in [0, 0.05) is 0 Å². The van der Waals surface area contributed by atoms with E-state index in [1.165, 1.54) is 0 Å². The second kappa shape index (κ2) is 2.76. The smallest absolute Gasteiger partial charge is 0.211 e. The second-order valence-corrected chi connectivity index (χ2v) is 6.32. The number of hydrogen-bond donors (Lipinski definition) is 1. The first-order valence-electron chi connectivity index (χ1n) is 6.06. The van der Waals surface area contributed by atoms with Gasteiger partial charge in [-0.1, -0.05) is 20.8 Å². The van der Waals surface area contributed by atoms with Crippen LogP contribution in [0.3, 0.4) is 0 Å². The van der Waals surface area contributed by atoms with Crippen LogP contribution in [0.25, 0.3) is 0 Å². The molecule has 3 nitrogen and oxygen atoms in total. The van der Waals surface area contributed by atoms with Gasteiger partial charge in [0.05, 0.1) is 11.7 Å². The molecule has 2 saturated heterocycles. The van der Waals surface area contributed by atoms with E-state index >= 15 is 0 Å². The summed E-state index contributed by atoms with van der Waals surface area (Å²) in [5.41, 5.74) is -1.11. The van der Waals surface area contributed by atoms with Crippen molar-refractivity contribution in [1.82, 2.24) is 0 Å². The van der Waals surface area contributed by atoms with Gasteiger partial charge in [0.25, 0.3) is 0 Å². The van der Waals surface area contributed by atoms with Crippen molar-refractivity contribution < 1.29 is 14.6 Å². The number of hydrogen-bond acceptors (Lipinski definition) is 3. The zero-order chi connectivity index (χ0) is 12.4. The van der Waals surface area contributed by atoms with Crippen molar-refractivity contribution in [1.29, 1.82) is 1.43 Å². The molecule has 0 aromatic rings. The van der Waals surface area contributed by atoms with Gasteiger partial charge in [-0.25, -0.2) is 0 Å². The molecule has 0 spiro atoms. The molecule has 0 amide bonds. The van der Waals surface area contributed by atoms with E-state index in [1.54, 1.807) is 0 Å². The van der Waals surface area contributed by atoms with E-state index < -0.39 is 11.2 Å². The maximum absolute atomic E-state index is 7.31. The first-order chi connectivity index (χ1) is 7.17. The maximum atomic E-state index is 7.31. The Bertz CT molecular complexity index is 297. The highest BCUT2D eigenvalue weighted by Crippen LogP contribution is 2.58. The van der Waals surface area contributed by atoms with Crippen LogP contribution in [-0.2, 0) is 9.47 Å². The van der Waals surface area contributed by atoms with E-state index in [2.05, 4.69) is 20.8 Å². The van der Waals surface area contributed by atoms with Crippen LogP contribution in [-0.4, -0.2) is 36.1 Å². The van der Waals surface area contributed by atoms with Gasteiger partial charge in [-0.3, -0.25) is 0 Å². The summed E-state index contributed by atoms with van der Waals surface area (Å²) in [4.78, 5) is 0. The molecule has 2 rings (SSSR count). The fraction of sp³-hybridized carbons (Fsp3) is 1.00. The Morgan fingerprint density at radius 3 is 2.27 bits per heavy atom. The van der Waals surface area contributed by atoms with Gasteiger partial charge in [-0.05, 0) is 26.2 Å². The molecule has 4 atom stereocenters. The monoisotopic (exact) mass is 216 g/mol. The minimum atomic E-state index is -0.550. The van der Waals surface area contributed by atoms with Gasteiger partial charge in [-0.2, -0.15) is 0 Å². The summed E-state index contributed by atoms with van der Waals surface area (Å²) in [7, 11) is 0. The molecule has 2 fully saturated rings. The number of aliphatic hydroxyl groups is 1. The lowest BCUT2D eigenvalue weighted by Gasteiger charge is -2.50. The largest absolute Gasteiger partial charge is 0.387 e. The van der Waals surface area contributed by atoms with Crippen molar-refractivity contribution in [2.24, 2.45) is 5.41 Å². The van der Waals surface area contributed by atoms with Crippen molar-refractivity contribution in [3.63, 3.8) is 0 Å². The van der Waals surface area contributed by atoms with Gasteiger partial charge < -0.3 is 14.6 Å². The fourth-order valence-corrected chi connectivity index (χ4v) is 3.48. The minimum Gasteiger partial charge on any atom is -0.387 e. The standard InChI is InChI=1S/C12H22O3/c1-7-8-9(13)12(14-7,10(2,3)4)11(5,6)15-8/h7-9,13H,1-6H3/i13T. The molecule has 2 aliphatic heterocycles. The molecule has 1 N–H and O–H groups in total. The highest BCUT2D eigenvalue weighted by molar-refractivity contribution is 5.20. The lowest BCUT2D eigenvalue weighted by atomic mass is 9.66. The summed E-state index contributed by atoms with van der Waals surface area (Å²) < 4.78 is 19.5. The van der Waals surface area contributed by atoms with E-state index in [0.29, 0.717) is 0 Å². The Labute approximate surface area is 93.3 Å². The summed E-state index contributed by atoms with van der Waals surface area (Å²) in [5.74, 6) is 0. The number of fused-ring (bicyclic) bond motifs is 2. The second-order valence-electron chi connectivity index (χ2n) is 6.32. The topological polar surface area (TPSA) is 38.7 Å². The van der Waals surface area contributed by atoms with Crippen molar-refractivity contribution in [3.05, 3.63) is 0 Å². The first-order valence-corrected chi connectivity index (χ1v) is 5.65. The molecule has 0 radical (unpaired) electrons. The summed E-state index contributed by atoms with van der Waals surface area (Å²) in [5, 5.41) is 4.93. The Morgan fingerprint density at radius 2 is 1.87 bits per heavy atom. The zero-order valence-electron chi connectivity index (χ0n) is 11.5. The summed E-state index contributed by atoms with van der Waals surface area (Å²) in [6.45, 7) is 12.4. The van der Waals surface area contributed by atoms with Crippen molar-refractivity contribution in [3.8, 4) is 0 Å². The molecule has 0 aromatic carbocycles. The number of ether oxygens (including phenoxy) is 2. The maximum Gasteiger partial charge on any atom is 0.211 e. The highest BCUT2D eigenvalue weighted by atomic mass is 16.7.